The van der Waals surface area contributed by atoms with E-state index in [0.29, 0.717) is 5.60 Å². The van der Waals surface area contributed by atoms with Gasteiger partial charge in [-0.25, -0.2) is 0 Å². The summed E-state index contributed by atoms with van der Waals surface area (Å²) in [5, 5.41) is 0. The summed E-state index contributed by atoms with van der Waals surface area (Å²) in [6, 6.07) is 0. The molecule has 1 heteroatoms. The lowest BCUT2D eigenvalue weighted by atomic mass is 9.74. The summed E-state index contributed by atoms with van der Waals surface area (Å²) in [5.41, 5.74) is 0.533. The second-order valence-corrected chi connectivity index (χ2v) is 5.19. The van der Waals surface area contributed by atoms with Gasteiger partial charge in [0.05, 0.1) is 11.2 Å². The lowest BCUT2D eigenvalue weighted by molar-refractivity contribution is -0.215. The Bertz CT molecular complexity index is 170. The van der Waals surface area contributed by atoms with Crippen LogP contribution in [0.3, 0.4) is 0 Å². The molecule has 2 aliphatic rings. The number of hydrogen-bond acceptors (Lipinski definition) is 1. The standard InChI is InChI=1S/C12H22O/c1-3-6-12-9-4-7-11(2,13-12)8-5-10-12/h3-10H2,1-2H3. The molecule has 0 unspecified atom stereocenters. The molecule has 2 bridgehead atoms. The molecule has 0 atom stereocenters. The van der Waals surface area contributed by atoms with Crippen molar-refractivity contribution in [1.82, 2.24) is 0 Å². The molecule has 0 aromatic carbocycles. The highest BCUT2D eigenvalue weighted by molar-refractivity contribution is 4.95. The van der Waals surface area contributed by atoms with Crippen LogP contribution in [0.4, 0.5) is 0 Å². The maximum absolute atomic E-state index is 6.34. The second-order valence-electron chi connectivity index (χ2n) is 5.19. The van der Waals surface area contributed by atoms with Crippen LogP contribution in [0.1, 0.15) is 65.2 Å². The summed E-state index contributed by atoms with van der Waals surface area (Å²) >= 11 is 0. The summed E-state index contributed by atoms with van der Waals surface area (Å²) < 4.78 is 6.34. The molecule has 1 nitrogen and oxygen atoms in total. The van der Waals surface area contributed by atoms with E-state index < -0.39 is 0 Å². The first kappa shape index (κ1) is 9.51. The van der Waals surface area contributed by atoms with E-state index >= 15 is 0 Å². The van der Waals surface area contributed by atoms with Crippen molar-refractivity contribution in [1.29, 1.82) is 0 Å². The van der Waals surface area contributed by atoms with Crippen molar-refractivity contribution in [3.05, 3.63) is 0 Å². The third kappa shape index (κ3) is 1.76. The molecule has 2 aliphatic heterocycles. The molecular formula is C12H22O. The average Bonchev–Trinajstić information content (AvgIpc) is 2.02. The molecule has 0 spiro atoms. The predicted octanol–water partition coefficient (Wildman–Crippen LogP) is 3.67. The Balaban J connectivity index is 2.10. The number of rotatable bonds is 2. The van der Waals surface area contributed by atoms with Crippen molar-refractivity contribution < 1.29 is 4.74 Å². The maximum Gasteiger partial charge on any atom is 0.0689 e. The van der Waals surface area contributed by atoms with Gasteiger partial charge < -0.3 is 4.74 Å². The van der Waals surface area contributed by atoms with Crippen LogP contribution in [-0.4, -0.2) is 11.2 Å². The van der Waals surface area contributed by atoms with Gasteiger partial charge >= 0.3 is 0 Å². The quantitative estimate of drug-likeness (QED) is 0.633. The van der Waals surface area contributed by atoms with Gasteiger partial charge in [-0.2, -0.15) is 0 Å². The molecule has 76 valence electrons. The first-order chi connectivity index (χ1) is 6.18. The van der Waals surface area contributed by atoms with Gasteiger partial charge in [0.1, 0.15) is 0 Å². The molecule has 0 amide bonds. The SMILES string of the molecule is CCCC12CCCC(C)(CCC1)O2. The van der Waals surface area contributed by atoms with E-state index in [0.717, 1.165) is 0 Å². The summed E-state index contributed by atoms with van der Waals surface area (Å²) in [5.74, 6) is 0. The summed E-state index contributed by atoms with van der Waals surface area (Å²) in [7, 11) is 0. The van der Waals surface area contributed by atoms with Gasteiger partial charge in [-0.1, -0.05) is 13.3 Å². The fourth-order valence-electron chi connectivity index (χ4n) is 3.30. The number of ether oxygens (including phenoxy) is 1. The van der Waals surface area contributed by atoms with Gasteiger partial charge in [-0.15, -0.1) is 0 Å². The fourth-order valence-corrected chi connectivity index (χ4v) is 3.30. The van der Waals surface area contributed by atoms with Crippen molar-refractivity contribution in [3.8, 4) is 0 Å². The zero-order chi connectivity index (χ0) is 9.36. The highest BCUT2D eigenvalue weighted by Crippen LogP contribution is 2.47. The molecule has 0 aromatic heterocycles. The molecule has 2 rings (SSSR count). The zero-order valence-electron chi connectivity index (χ0n) is 9.07. The summed E-state index contributed by atoms with van der Waals surface area (Å²) in [6.07, 6.45) is 10.5. The van der Waals surface area contributed by atoms with Crippen LogP contribution in [0, 0.1) is 0 Å². The van der Waals surface area contributed by atoms with Crippen LogP contribution in [0.2, 0.25) is 0 Å². The highest BCUT2D eigenvalue weighted by Gasteiger charge is 2.45. The first-order valence-corrected chi connectivity index (χ1v) is 5.88. The number of hydrogen-bond donors (Lipinski definition) is 0. The lowest BCUT2D eigenvalue weighted by Gasteiger charge is -2.51. The molecule has 13 heavy (non-hydrogen) atoms. The molecule has 0 aromatic rings. The Kier molecular flexibility index (Phi) is 2.39. The summed E-state index contributed by atoms with van der Waals surface area (Å²) in [4.78, 5) is 0. The fraction of sp³-hybridized carbons (Fsp3) is 1.00. The van der Waals surface area contributed by atoms with E-state index in [4.69, 9.17) is 4.74 Å². The van der Waals surface area contributed by atoms with Crippen molar-refractivity contribution in [2.45, 2.75) is 76.4 Å². The van der Waals surface area contributed by atoms with E-state index in [-0.39, 0.29) is 5.60 Å². The normalized spacial score (nSPS) is 44.8. The van der Waals surface area contributed by atoms with Gasteiger partial charge in [0.25, 0.3) is 0 Å². The topological polar surface area (TPSA) is 9.23 Å². The van der Waals surface area contributed by atoms with Crippen LogP contribution >= 0.6 is 0 Å². The molecule has 2 heterocycles. The summed E-state index contributed by atoms with van der Waals surface area (Å²) in [6.45, 7) is 4.59. The van der Waals surface area contributed by atoms with Gasteiger partial charge in [0.2, 0.25) is 0 Å². The Morgan fingerprint density at radius 1 is 1.08 bits per heavy atom. The smallest absolute Gasteiger partial charge is 0.0689 e. The van der Waals surface area contributed by atoms with E-state index in [1.165, 1.54) is 51.4 Å². The van der Waals surface area contributed by atoms with Gasteiger partial charge in [-0.05, 0) is 51.9 Å². The molecular weight excluding hydrogens is 160 g/mol. The monoisotopic (exact) mass is 182 g/mol. The Morgan fingerprint density at radius 2 is 1.69 bits per heavy atom. The van der Waals surface area contributed by atoms with E-state index in [1.54, 1.807) is 0 Å². The van der Waals surface area contributed by atoms with E-state index in [1.807, 2.05) is 0 Å². The average molecular weight is 182 g/mol. The molecule has 0 saturated carbocycles. The van der Waals surface area contributed by atoms with E-state index in [9.17, 15) is 0 Å². The third-order valence-electron chi connectivity index (χ3n) is 3.84. The minimum atomic E-state index is 0.242. The Labute approximate surface area is 81.9 Å². The zero-order valence-corrected chi connectivity index (χ0v) is 9.07. The third-order valence-corrected chi connectivity index (χ3v) is 3.84. The Morgan fingerprint density at radius 3 is 2.23 bits per heavy atom. The molecule has 2 saturated heterocycles. The van der Waals surface area contributed by atoms with Crippen molar-refractivity contribution in [2.75, 3.05) is 0 Å². The first-order valence-electron chi connectivity index (χ1n) is 5.88. The predicted molar refractivity (Wildman–Crippen MR) is 54.8 cm³/mol. The van der Waals surface area contributed by atoms with Crippen molar-refractivity contribution in [2.24, 2.45) is 0 Å². The highest BCUT2D eigenvalue weighted by atomic mass is 16.5. The van der Waals surface area contributed by atoms with Gasteiger partial charge in [-0.3, -0.25) is 0 Å². The van der Waals surface area contributed by atoms with Gasteiger partial charge in [0.15, 0.2) is 0 Å². The minimum Gasteiger partial charge on any atom is -0.369 e. The Hall–Kier alpha value is -0.0400. The largest absolute Gasteiger partial charge is 0.369 e. The lowest BCUT2D eigenvalue weighted by Crippen LogP contribution is -2.50. The second kappa shape index (κ2) is 3.27. The number of fused-ring (bicyclic) bond motifs is 2. The van der Waals surface area contributed by atoms with Crippen LogP contribution < -0.4 is 0 Å². The maximum atomic E-state index is 6.34. The molecule has 0 radical (unpaired) electrons. The molecule has 2 fully saturated rings. The minimum absolute atomic E-state index is 0.242. The van der Waals surface area contributed by atoms with Gasteiger partial charge in [0, 0.05) is 0 Å². The van der Waals surface area contributed by atoms with Crippen LogP contribution in [0.25, 0.3) is 0 Å². The van der Waals surface area contributed by atoms with Crippen molar-refractivity contribution in [3.63, 3.8) is 0 Å². The molecule has 0 aliphatic carbocycles. The van der Waals surface area contributed by atoms with Crippen LogP contribution in [0.15, 0.2) is 0 Å². The van der Waals surface area contributed by atoms with Crippen LogP contribution in [-0.2, 0) is 4.74 Å². The van der Waals surface area contributed by atoms with Crippen LogP contribution in [0.5, 0.6) is 0 Å². The van der Waals surface area contributed by atoms with Crippen molar-refractivity contribution >= 4 is 0 Å². The van der Waals surface area contributed by atoms with E-state index in [2.05, 4.69) is 13.8 Å². The molecule has 0 N–H and O–H groups in total.